The maximum atomic E-state index is 13.0. The fourth-order valence-electron chi connectivity index (χ4n) is 11.4. The van der Waals surface area contributed by atoms with Gasteiger partial charge in [-0.15, -0.1) is 0 Å². The third-order valence-electron chi connectivity index (χ3n) is 17.6. The summed E-state index contributed by atoms with van der Waals surface area (Å²) in [4.78, 5) is 37.6. The second kappa shape index (κ2) is 78.9. The number of unbranched alkanes of at least 4 members (excludes halogenated alkanes) is 36. The van der Waals surface area contributed by atoms with Crippen molar-refractivity contribution in [1.29, 1.82) is 0 Å². The molecule has 2 unspecified atom stereocenters. The average molecular weight is 1380 g/mol. The molecule has 0 heterocycles. The SMILES string of the molecule is CC/C=C\C/C=C\C/C=C\C/C=C\C/C=C\C/C=C\CCCCCCCCCCCCCCCCCCCCC(=O)OCC(COC(OCC[N+](C)(C)C)C(=O)[O-])OC(=O)CCCCCCCCCCCCCCCCCCCC/C=C\C/C=C\C/C=C\C/C=C\C/C=C\C/C=C\CC. The summed E-state index contributed by atoms with van der Waals surface area (Å²) in [6, 6.07) is 0. The van der Waals surface area contributed by atoms with Crippen LogP contribution in [-0.4, -0.2) is 82.3 Å². The summed E-state index contributed by atoms with van der Waals surface area (Å²) in [6.07, 6.45) is 113. The molecular formula is C90H153NO8. The van der Waals surface area contributed by atoms with E-state index in [1.54, 1.807) is 0 Å². The van der Waals surface area contributed by atoms with Crippen LogP contribution in [0.25, 0.3) is 0 Å². The maximum Gasteiger partial charge on any atom is 0.306 e. The molecule has 0 fully saturated rings. The van der Waals surface area contributed by atoms with Gasteiger partial charge in [0, 0.05) is 12.8 Å². The van der Waals surface area contributed by atoms with Crippen LogP contribution in [-0.2, 0) is 33.3 Å². The Hall–Kier alpha value is -4.83. The number of carboxylic acids is 1. The van der Waals surface area contributed by atoms with Crippen LogP contribution in [0.3, 0.4) is 0 Å². The molecule has 0 spiro atoms. The fraction of sp³-hybridized carbons (Fsp3) is 0.700. The standard InChI is InChI=1S/C90H153NO8/c1-6-8-10-12-14-16-18-20-22-24-26-28-30-32-34-36-38-40-42-44-46-48-50-52-54-56-58-60-62-64-66-68-70-72-74-76-78-80-87(92)97-84-86(85-98-90(89(94)95)96-83-82-91(3,4)5)99-88(93)81-79-77-75-73-71-69-67-65-63-61-59-57-55-53-51-49-47-45-43-41-39-37-35-33-31-29-27-25-23-21-19-17-15-13-11-9-7-2/h8-11,14-17,20-23,26-29,32-35,38-41,86,90H,6-7,12-13,18-19,24-25,30-31,36-37,42-85H2,1-5H3/b10-8-,11-9-,16-14-,17-15-,22-20-,23-21-,28-26-,29-27-,34-32-,35-33-,40-38-,41-39-. The van der Waals surface area contributed by atoms with Crippen molar-refractivity contribution in [2.24, 2.45) is 0 Å². The number of hydrogen-bond acceptors (Lipinski definition) is 8. The summed E-state index contributed by atoms with van der Waals surface area (Å²) < 4.78 is 22.9. The number of likely N-dealkylation sites (N-methyl/N-ethyl adjacent to an activating group) is 1. The molecule has 9 heteroatoms. The van der Waals surface area contributed by atoms with E-state index in [-0.39, 0.29) is 38.6 Å². The van der Waals surface area contributed by atoms with Gasteiger partial charge < -0.3 is 33.3 Å². The van der Waals surface area contributed by atoms with Gasteiger partial charge >= 0.3 is 11.9 Å². The van der Waals surface area contributed by atoms with Crippen molar-refractivity contribution in [1.82, 2.24) is 0 Å². The van der Waals surface area contributed by atoms with Crippen LogP contribution in [0.4, 0.5) is 0 Å². The van der Waals surface area contributed by atoms with Crippen LogP contribution in [0.5, 0.6) is 0 Å². The molecule has 0 aromatic rings. The number of allylic oxidation sites excluding steroid dienone is 24. The molecule has 0 saturated heterocycles. The van der Waals surface area contributed by atoms with Crippen molar-refractivity contribution in [2.75, 3.05) is 47.5 Å². The number of hydrogen-bond donors (Lipinski definition) is 0. The number of carbonyl (C=O) groups excluding carboxylic acids is 3. The van der Waals surface area contributed by atoms with E-state index in [4.69, 9.17) is 18.9 Å². The summed E-state index contributed by atoms with van der Waals surface area (Å²) in [5.74, 6) is -2.27. The predicted octanol–water partition coefficient (Wildman–Crippen LogP) is 25.3. The molecule has 0 bridgehead atoms. The maximum absolute atomic E-state index is 13.0. The number of nitrogens with zero attached hydrogens (tertiary/aromatic N) is 1. The number of rotatable bonds is 75. The van der Waals surface area contributed by atoms with Crippen molar-refractivity contribution in [3.63, 3.8) is 0 Å². The summed E-state index contributed by atoms with van der Waals surface area (Å²) in [5, 5.41) is 11.9. The molecule has 0 amide bonds. The molecule has 0 saturated carbocycles. The zero-order valence-electron chi connectivity index (χ0n) is 64.8. The van der Waals surface area contributed by atoms with Crippen LogP contribution in [0, 0.1) is 0 Å². The van der Waals surface area contributed by atoms with E-state index in [2.05, 4.69) is 160 Å². The minimum absolute atomic E-state index is 0.145. The van der Waals surface area contributed by atoms with Gasteiger partial charge in [0.05, 0.1) is 40.3 Å². The van der Waals surface area contributed by atoms with E-state index >= 15 is 0 Å². The molecule has 0 aromatic carbocycles. The van der Waals surface area contributed by atoms with Gasteiger partial charge in [0.2, 0.25) is 0 Å². The van der Waals surface area contributed by atoms with Gasteiger partial charge in [0.15, 0.2) is 12.4 Å². The van der Waals surface area contributed by atoms with E-state index in [1.165, 1.54) is 205 Å². The lowest BCUT2D eigenvalue weighted by Gasteiger charge is -2.26. The Balaban J connectivity index is 4.01. The minimum atomic E-state index is -1.63. The second-order valence-corrected chi connectivity index (χ2v) is 28.3. The Morgan fingerprint density at radius 1 is 0.303 bits per heavy atom. The predicted molar refractivity (Wildman–Crippen MR) is 426 cm³/mol. The van der Waals surface area contributed by atoms with E-state index in [9.17, 15) is 19.5 Å². The van der Waals surface area contributed by atoms with Crippen LogP contribution >= 0.6 is 0 Å². The molecule has 2 atom stereocenters. The largest absolute Gasteiger partial charge is 0.545 e. The molecule has 0 aliphatic rings. The highest BCUT2D eigenvalue weighted by Gasteiger charge is 2.22. The van der Waals surface area contributed by atoms with Crippen molar-refractivity contribution in [3.05, 3.63) is 146 Å². The summed E-state index contributed by atoms with van der Waals surface area (Å²) in [6.45, 7) is 4.55. The first kappa shape index (κ1) is 94.2. The highest BCUT2D eigenvalue weighted by molar-refractivity contribution is 5.70. The lowest BCUT2D eigenvalue weighted by molar-refractivity contribution is -0.870. The molecule has 0 aliphatic heterocycles. The van der Waals surface area contributed by atoms with Gasteiger partial charge in [-0.05, 0) is 116 Å². The Morgan fingerprint density at radius 2 is 0.545 bits per heavy atom. The summed E-state index contributed by atoms with van der Waals surface area (Å²) >= 11 is 0. The first-order valence-corrected chi connectivity index (χ1v) is 41.0. The molecule has 0 aliphatic carbocycles. The number of esters is 2. The number of ether oxygens (including phenoxy) is 4. The monoisotopic (exact) mass is 1380 g/mol. The lowest BCUT2D eigenvalue weighted by Crippen LogP contribution is -2.44. The third-order valence-corrected chi connectivity index (χ3v) is 17.6. The van der Waals surface area contributed by atoms with E-state index in [0.29, 0.717) is 17.4 Å². The average Bonchev–Trinajstić information content (AvgIpc) is 1.41. The number of aliphatic carboxylic acids is 1. The highest BCUT2D eigenvalue weighted by Crippen LogP contribution is 2.19. The zero-order valence-corrected chi connectivity index (χ0v) is 64.8. The normalized spacial score (nSPS) is 13.4. The Kier molecular flexibility index (Phi) is 75.0. The zero-order chi connectivity index (χ0) is 71.8. The molecule has 99 heavy (non-hydrogen) atoms. The Morgan fingerprint density at radius 3 is 0.808 bits per heavy atom. The molecular weight excluding hydrogens is 1220 g/mol. The topological polar surface area (TPSA) is 111 Å². The van der Waals surface area contributed by atoms with Crippen molar-refractivity contribution >= 4 is 17.9 Å². The molecule has 9 nitrogen and oxygen atoms in total. The van der Waals surface area contributed by atoms with Crippen molar-refractivity contribution in [2.45, 2.75) is 360 Å². The first-order chi connectivity index (χ1) is 48.6. The highest BCUT2D eigenvalue weighted by atomic mass is 16.7. The number of carbonyl (C=O) groups is 3. The number of quaternary nitrogens is 1. The van der Waals surface area contributed by atoms with Crippen LogP contribution in [0.1, 0.15) is 348 Å². The van der Waals surface area contributed by atoms with Gasteiger partial charge in [0.1, 0.15) is 13.2 Å². The van der Waals surface area contributed by atoms with Crippen molar-refractivity contribution in [3.8, 4) is 0 Å². The second-order valence-electron chi connectivity index (χ2n) is 28.3. The molecule has 0 rings (SSSR count). The minimum Gasteiger partial charge on any atom is -0.545 e. The summed E-state index contributed by atoms with van der Waals surface area (Å²) in [5.41, 5.74) is 0. The van der Waals surface area contributed by atoms with Crippen LogP contribution < -0.4 is 5.11 Å². The quantitative estimate of drug-likeness (QED) is 0.0195. The smallest absolute Gasteiger partial charge is 0.306 e. The van der Waals surface area contributed by atoms with E-state index in [0.717, 1.165) is 109 Å². The summed E-state index contributed by atoms with van der Waals surface area (Å²) in [7, 11) is 5.94. The van der Waals surface area contributed by atoms with Crippen molar-refractivity contribution < 1.29 is 42.9 Å². The molecule has 0 N–H and O–H groups in total. The first-order valence-electron chi connectivity index (χ1n) is 41.0. The molecule has 0 aromatic heterocycles. The third kappa shape index (κ3) is 80.4. The van der Waals surface area contributed by atoms with Gasteiger partial charge in [-0.25, -0.2) is 0 Å². The number of carboxylic acid groups (broad SMARTS) is 1. The van der Waals surface area contributed by atoms with Gasteiger partial charge in [-0.1, -0.05) is 365 Å². The Bertz CT molecular complexity index is 2150. The lowest BCUT2D eigenvalue weighted by atomic mass is 10.0. The molecule has 0 radical (unpaired) electrons. The van der Waals surface area contributed by atoms with Gasteiger partial charge in [0.25, 0.3) is 0 Å². The van der Waals surface area contributed by atoms with Gasteiger partial charge in [-0.2, -0.15) is 0 Å². The fourth-order valence-corrected chi connectivity index (χ4v) is 11.4. The molecule has 566 valence electrons. The van der Waals surface area contributed by atoms with Crippen LogP contribution in [0.15, 0.2) is 146 Å². The van der Waals surface area contributed by atoms with E-state index < -0.39 is 24.3 Å². The van der Waals surface area contributed by atoms with Crippen LogP contribution in [0.2, 0.25) is 0 Å². The van der Waals surface area contributed by atoms with Gasteiger partial charge in [-0.3, -0.25) is 9.59 Å². The Labute approximate surface area is 611 Å². The van der Waals surface area contributed by atoms with E-state index in [1.807, 2.05) is 21.1 Å².